The lowest BCUT2D eigenvalue weighted by Gasteiger charge is -2.35. The van der Waals surface area contributed by atoms with Gasteiger partial charge in [-0.1, -0.05) is 0 Å². The number of hydrogen-bond donors (Lipinski definition) is 1. The van der Waals surface area contributed by atoms with E-state index in [1.807, 2.05) is 29.8 Å². The second kappa shape index (κ2) is 7.07. The number of nitrogens with one attached hydrogen (secondary N) is 1. The standard InChI is InChI=1S/C18H23N5O4/c1-21-15-4-3-12(9-14(15)20-17(21)19-5-8-26-2)16(24)22-6-7-23-13(10-22)11-27-18(23)25/h3-4,9,13H,5-8,10-11H2,1-2H3,(H,19,20)/t13-/m0/s1. The molecule has 144 valence electrons. The van der Waals surface area contributed by atoms with Gasteiger partial charge in [0.1, 0.15) is 6.61 Å². The summed E-state index contributed by atoms with van der Waals surface area (Å²) in [5, 5.41) is 3.22. The maximum atomic E-state index is 12.9. The van der Waals surface area contributed by atoms with Crippen LogP contribution in [0.4, 0.5) is 10.7 Å². The summed E-state index contributed by atoms with van der Waals surface area (Å²) in [6, 6.07) is 5.51. The molecule has 3 heterocycles. The number of benzene rings is 1. The molecule has 9 nitrogen and oxygen atoms in total. The predicted molar refractivity (Wildman–Crippen MR) is 98.8 cm³/mol. The molecule has 2 saturated heterocycles. The smallest absolute Gasteiger partial charge is 0.410 e. The first kappa shape index (κ1) is 17.6. The van der Waals surface area contributed by atoms with Crippen LogP contribution in [0.15, 0.2) is 18.2 Å². The van der Waals surface area contributed by atoms with Crippen molar-refractivity contribution in [1.29, 1.82) is 0 Å². The average Bonchev–Trinajstić information content (AvgIpc) is 3.21. The minimum Gasteiger partial charge on any atom is -0.447 e. The van der Waals surface area contributed by atoms with Gasteiger partial charge >= 0.3 is 6.09 Å². The van der Waals surface area contributed by atoms with Gasteiger partial charge in [-0.15, -0.1) is 0 Å². The SMILES string of the molecule is COCCNc1nc2cc(C(=O)N3CCN4C(=O)OC[C@@H]4C3)ccc2n1C. The summed E-state index contributed by atoms with van der Waals surface area (Å²) in [6.07, 6.45) is -0.282. The van der Waals surface area contributed by atoms with Crippen molar-refractivity contribution in [2.45, 2.75) is 6.04 Å². The molecule has 1 aromatic carbocycles. The van der Waals surface area contributed by atoms with Crippen LogP contribution in [-0.4, -0.2) is 83.9 Å². The second-order valence-corrected chi connectivity index (χ2v) is 6.79. The van der Waals surface area contributed by atoms with Gasteiger partial charge in [0.25, 0.3) is 5.91 Å². The molecule has 9 heteroatoms. The zero-order valence-electron chi connectivity index (χ0n) is 15.5. The quantitative estimate of drug-likeness (QED) is 0.784. The Morgan fingerprint density at radius 1 is 1.41 bits per heavy atom. The van der Waals surface area contributed by atoms with E-state index in [0.29, 0.717) is 45.0 Å². The molecule has 0 radical (unpaired) electrons. The number of hydrogen-bond acceptors (Lipinski definition) is 6. The van der Waals surface area contributed by atoms with Crippen LogP contribution in [0, 0.1) is 0 Å². The van der Waals surface area contributed by atoms with E-state index >= 15 is 0 Å². The average molecular weight is 373 g/mol. The van der Waals surface area contributed by atoms with E-state index in [4.69, 9.17) is 9.47 Å². The maximum Gasteiger partial charge on any atom is 0.410 e. The summed E-state index contributed by atoms with van der Waals surface area (Å²) < 4.78 is 12.1. The predicted octanol–water partition coefficient (Wildman–Crippen LogP) is 0.908. The molecule has 4 rings (SSSR count). The third-order valence-electron chi connectivity index (χ3n) is 5.12. The van der Waals surface area contributed by atoms with Crippen molar-refractivity contribution in [2.24, 2.45) is 7.05 Å². The summed E-state index contributed by atoms with van der Waals surface area (Å²) in [4.78, 5) is 32.6. The van der Waals surface area contributed by atoms with Crippen molar-refractivity contribution in [3.05, 3.63) is 23.8 Å². The number of aryl methyl sites for hydroxylation is 1. The normalized spacial score (nSPS) is 19.3. The highest BCUT2D eigenvalue weighted by atomic mass is 16.6. The topological polar surface area (TPSA) is 88.9 Å². The van der Waals surface area contributed by atoms with Crippen molar-refractivity contribution in [2.75, 3.05) is 51.8 Å². The van der Waals surface area contributed by atoms with Crippen LogP contribution in [0.25, 0.3) is 11.0 Å². The Labute approximate surface area is 156 Å². The first-order valence-corrected chi connectivity index (χ1v) is 9.00. The highest BCUT2D eigenvalue weighted by Gasteiger charge is 2.38. The van der Waals surface area contributed by atoms with Crippen LogP contribution in [-0.2, 0) is 16.5 Å². The van der Waals surface area contributed by atoms with Gasteiger partial charge in [0.15, 0.2) is 0 Å². The van der Waals surface area contributed by atoms with Gasteiger partial charge in [0.2, 0.25) is 5.95 Å². The molecule has 2 fully saturated rings. The minimum atomic E-state index is -0.282. The fourth-order valence-corrected chi connectivity index (χ4v) is 3.61. The summed E-state index contributed by atoms with van der Waals surface area (Å²) in [7, 11) is 3.59. The van der Waals surface area contributed by atoms with Crippen LogP contribution in [0.1, 0.15) is 10.4 Å². The van der Waals surface area contributed by atoms with E-state index in [0.717, 1.165) is 17.0 Å². The second-order valence-electron chi connectivity index (χ2n) is 6.79. The summed E-state index contributed by atoms with van der Waals surface area (Å²) in [5.74, 6) is 0.692. The summed E-state index contributed by atoms with van der Waals surface area (Å²) in [6.45, 7) is 3.11. The fourth-order valence-electron chi connectivity index (χ4n) is 3.61. The number of ether oxygens (including phenoxy) is 2. The molecule has 0 unspecified atom stereocenters. The van der Waals surface area contributed by atoms with E-state index in [-0.39, 0.29) is 18.0 Å². The van der Waals surface area contributed by atoms with Gasteiger partial charge in [-0.3, -0.25) is 9.69 Å². The number of cyclic esters (lactones) is 1. The number of methoxy groups -OCH3 is 1. The number of nitrogens with zero attached hydrogens (tertiary/aromatic N) is 4. The Bertz CT molecular complexity index is 880. The highest BCUT2D eigenvalue weighted by Crippen LogP contribution is 2.23. The van der Waals surface area contributed by atoms with E-state index in [9.17, 15) is 9.59 Å². The number of piperazine rings is 1. The van der Waals surface area contributed by atoms with Gasteiger partial charge in [-0.05, 0) is 18.2 Å². The third kappa shape index (κ3) is 3.18. The largest absolute Gasteiger partial charge is 0.447 e. The number of aromatic nitrogens is 2. The number of imidazole rings is 1. The van der Waals surface area contributed by atoms with Crippen LogP contribution < -0.4 is 5.32 Å². The number of carbonyl (C=O) groups is 2. The Kier molecular flexibility index (Phi) is 4.61. The van der Waals surface area contributed by atoms with Crippen molar-refractivity contribution in [3.63, 3.8) is 0 Å². The molecule has 2 aliphatic rings. The molecule has 2 aromatic rings. The Morgan fingerprint density at radius 2 is 2.26 bits per heavy atom. The fraction of sp³-hybridized carbons (Fsp3) is 0.500. The zero-order valence-corrected chi connectivity index (χ0v) is 15.5. The molecule has 0 aliphatic carbocycles. The number of fused-ring (bicyclic) bond motifs is 2. The Morgan fingerprint density at radius 3 is 3.07 bits per heavy atom. The molecule has 1 N–H and O–H groups in total. The van der Waals surface area contributed by atoms with Crippen molar-refractivity contribution < 1.29 is 19.1 Å². The molecular formula is C18H23N5O4. The highest BCUT2D eigenvalue weighted by molar-refractivity contribution is 5.98. The number of rotatable bonds is 5. The molecule has 2 amide bonds. The van der Waals surface area contributed by atoms with Gasteiger partial charge in [-0.2, -0.15) is 0 Å². The minimum absolute atomic E-state index is 0.0459. The van der Waals surface area contributed by atoms with Gasteiger partial charge in [-0.25, -0.2) is 9.78 Å². The van der Waals surface area contributed by atoms with E-state index in [1.54, 1.807) is 16.9 Å². The lowest BCUT2D eigenvalue weighted by atomic mass is 10.1. The van der Waals surface area contributed by atoms with Gasteiger partial charge < -0.3 is 24.3 Å². The molecular weight excluding hydrogens is 350 g/mol. The van der Waals surface area contributed by atoms with Crippen molar-refractivity contribution in [3.8, 4) is 0 Å². The molecule has 27 heavy (non-hydrogen) atoms. The first-order valence-electron chi connectivity index (χ1n) is 9.00. The third-order valence-corrected chi connectivity index (χ3v) is 5.12. The number of anilines is 1. The summed E-state index contributed by atoms with van der Waals surface area (Å²) >= 11 is 0. The number of carbonyl (C=O) groups excluding carboxylic acids is 2. The van der Waals surface area contributed by atoms with Crippen LogP contribution in [0.3, 0.4) is 0 Å². The molecule has 1 aromatic heterocycles. The monoisotopic (exact) mass is 373 g/mol. The molecule has 0 spiro atoms. The number of amides is 2. The van der Waals surface area contributed by atoms with Gasteiger partial charge in [0, 0.05) is 45.9 Å². The lowest BCUT2D eigenvalue weighted by Crippen LogP contribution is -2.53. The van der Waals surface area contributed by atoms with E-state index in [2.05, 4.69) is 10.3 Å². The van der Waals surface area contributed by atoms with Crippen LogP contribution >= 0.6 is 0 Å². The van der Waals surface area contributed by atoms with Crippen LogP contribution in [0.5, 0.6) is 0 Å². The molecule has 0 saturated carbocycles. The van der Waals surface area contributed by atoms with Crippen molar-refractivity contribution in [1.82, 2.24) is 19.4 Å². The van der Waals surface area contributed by atoms with Gasteiger partial charge in [0.05, 0.1) is 23.7 Å². The molecule has 0 bridgehead atoms. The lowest BCUT2D eigenvalue weighted by molar-refractivity contribution is 0.0617. The Hall–Kier alpha value is -2.81. The molecule has 2 aliphatic heterocycles. The Balaban J connectivity index is 1.51. The van der Waals surface area contributed by atoms with Crippen LogP contribution in [0.2, 0.25) is 0 Å². The summed E-state index contributed by atoms with van der Waals surface area (Å²) in [5.41, 5.74) is 2.31. The van der Waals surface area contributed by atoms with E-state index < -0.39 is 0 Å². The maximum absolute atomic E-state index is 12.9. The van der Waals surface area contributed by atoms with E-state index in [1.165, 1.54) is 0 Å². The first-order chi connectivity index (χ1) is 13.1. The molecule has 1 atom stereocenters. The van der Waals surface area contributed by atoms with Crippen molar-refractivity contribution >= 4 is 29.0 Å². The zero-order chi connectivity index (χ0) is 19.0.